The number of benzene rings is 2. The van der Waals surface area contributed by atoms with E-state index in [4.69, 9.17) is 9.47 Å². The summed E-state index contributed by atoms with van der Waals surface area (Å²) < 4.78 is 10.8. The summed E-state index contributed by atoms with van der Waals surface area (Å²) in [6, 6.07) is 15.9. The van der Waals surface area contributed by atoms with Gasteiger partial charge in [-0.1, -0.05) is 12.1 Å². The smallest absolute Gasteiger partial charge is 0.343 e. The molecule has 0 radical (unpaired) electrons. The number of nitrogens with zero attached hydrogens (tertiary/aromatic N) is 2. The van der Waals surface area contributed by atoms with Gasteiger partial charge in [-0.25, -0.2) is 9.78 Å². The number of carbonyl (C=O) groups excluding carboxylic acids is 1. The first-order chi connectivity index (χ1) is 12.5. The van der Waals surface area contributed by atoms with Crippen molar-refractivity contribution in [3.8, 4) is 17.4 Å². The van der Waals surface area contributed by atoms with E-state index in [9.17, 15) is 14.9 Å². The average Bonchev–Trinajstić information content (AvgIpc) is 2.64. The number of carbonyl (C=O) groups is 1. The van der Waals surface area contributed by atoms with Gasteiger partial charge in [-0.05, 0) is 43.3 Å². The second kappa shape index (κ2) is 7.43. The Morgan fingerprint density at radius 1 is 1.04 bits per heavy atom. The molecular formula is C19H14N2O5. The number of aryl methyl sites for hydroxylation is 1. The number of esters is 1. The van der Waals surface area contributed by atoms with Crippen molar-refractivity contribution in [2.45, 2.75) is 6.92 Å². The minimum atomic E-state index is -0.675. The molecular weight excluding hydrogens is 336 g/mol. The number of hydrogen-bond acceptors (Lipinski definition) is 6. The van der Waals surface area contributed by atoms with Gasteiger partial charge in [0, 0.05) is 23.9 Å². The molecule has 0 amide bonds. The highest BCUT2D eigenvalue weighted by Crippen LogP contribution is 2.24. The summed E-state index contributed by atoms with van der Waals surface area (Å²) in [5, 5.41) is 11.0. The monoisotopic (exact) mass is 350 g/mol. The highest BCUT2D eigenvalue weighted by atomic mass is 16.6. The molecule has 26 heavy (non-hydrogen) atoms. The molecule has 1 heterocycles. The lowest BCUT2D eigenvalue weighted by Gasteiger charge is -2.07. The van der Waals surface area contributed by atoms with Crippen LogP contribution in [0, 0.1) is 17.0 Å². The van der Waals surface area contributed by atoms with E-state index in [1.165, 1.54) is 18.2 Å². The predicted molar refractivity (Wildman–Crippen MR) is 93.5 cm³/mol. The number of hydrogen-bond donors (Lipinski definition) is 0. The zero-order chi connectivity index (χ0) is 18.5. The zero-order valence-electron chi connectivity index (χ0n) is 13.8. The summed E-state index contributed by atoms with van der Waals surface area (Å²) in [6.07, 6.45) is 1.62. The van der Waals surface area contributed by atoms with Crippen molar-refractivity contribution in [1.29, 1.82) is 0 Å². The van der Waals surface area contributed by atoms with Gasteiger partial charge >= 0.3 is 5.97 Å². The van der Waals surface area contributed by atoms with Crippen LogP contribution in [-0.2, 0) is 0 Å². The molecule has 0 bridgehead atoms. The van der Waals surface area contributed by atoms with E-state index in [-0.39, 0.29) is 11.3 Å². The summed E-state index contributed by atoms with van der Waals surface area (Å²) in [6.45, 7) is 1.60. The topological polar surface area (TPSA) is 91.6 Å². The first-order valence-electron chi connectivity index (χ1n) is 7.69. The highest BCUT2D eigenvalue weighted by Gasteiger charge is 2.16. The van der Waals surface area contributed by atoms with Crippen molar-refractivity contribution < 1.29 is 19.2 Å². The fraction of sp³-hybridized carbons (Fsp3) is 0.0526. The Kier molecular flexibility index (Phi) is 4.89. The Balaban J connectivity index is 1.70. The van der Waals surface area contributed by atoms with Crippen LogP contribution in [0.5, 0.6) is 17.4 Å². The maximum absolute atomic E-state index is 12.2. The summed E-state index contributed by atoms with van der Waals surface area (Å²) in [4.78, 5) is 26.7. The van der Waals surface area contributed by atoms with Gasteiger partial charge in [0.05, 0.1) is 10.5 Å². The van der Waals surface area contributed by atoms with Crippen LogP contribution < -0.4 is 9.47 Å². The molecule has 0 aliphatic heterocycles. The van der Waals surface area contributed by atoms with Gasteiger partial charge in [0.15, 0.2) is 0 Å². The van der Waals surface area contributed by atoms with Crippen molar-refractivity contribution in [2.75, 3.05) is 0 Å². The largest absolute Gasteiger partial charge is 0.439 e. The summed E-state index contributed by atoms with van der Waals surface area (Å²) in [7, 11) is 0. The molecule has 7 nitrogen and oxygen atoms in total. The third-order valence-corrected chi connectivity index (χ3v) is 3.54. The van der Waals surface area contributed by atoms with Crippen molar-refractivity contribution in [1.82, 2.24) is 4.98 Å². The van der Waals surface area contributed by atoms with E-state index in [0.29, 0.717) is 22.9 Å². The number of pyridine rings is 1. The molecule has 1 aromatic heterocycles. The maximum atomic E-state index is 12.2. The van der Waals surface area contributed by atoms with Crippen LogP contribution in [0.1, 0.15) is 15.9 Å². The Morgan fingerprint density at radius 3 is 2.42 bits per heavy atom. The number of nitro groups is 1. The lowest BCUT2D eigenvalue weighted by Crippen LogP contribution is -2.09. The molecule has 0 saturated heterocycles. The standard InChI is InChI=1S/C19H14N2O5/c1-13-5-6-14(12-17(13)21(23)24)19(22)26-16-9-7-15(8-10-16)25-18-4-2-3-11-20-18/h2-12H,1H3. The van der Waals surface area contributed by atoms with Crippen molar-refractivity contribution in [3.05, 3.63) is 88.1 Å². The molecule has 0 aliphatic rings. The molecule has 3 aromatic rings. The second-order valence-corrected chi connectivity index (χ2v) is 5.39. The second-order valence-electron chi connectivity index (χ2n) is 5.39. The summed E-state index contributed by atoms with van der Waals surface area (Å²) in [5.41, 5.74) is 0.456. The minimum absolute atomic E-state index is 0.108. The van der Waals surface area contributed by atoms with E-state index in [2.05, 4.69) is 4.98 Å². The third-order valence-electron chi connectivity index (χ3n) is 3.54. The maximum Gasteiger partial charge on any atom is 0.343 e. The van der Waals surface area contributed by atoms with Crippen LogP contribution in [0.25, 0.3) is 0 Å². The molecule has 3 rings (SSSR count). The van der Waals surface area contributed by atoms with Crippen LogP contribution in [0.15, 0.2) is 66.9 Å². The molecule has 2 aromatic carbocycles. The van der Waals surface area contributed by atoms with Gasteiger partial charge in [0.1, 0.15) is 11.5 Å². The van der Waals surface area contributed by atoms with Crippen LogP contribution in [-0.4, -0.2) is 15.9 Å². The van der Waals surface area contributed by atoms with E-state index >= 15 is 0 Å². The quantitative estimate of drug-likeness (QED) is 0.295. The van der Waals surface area contributed by atoms with E-state index in [1.807, 2.05) is 0 Å². The number of aromatic nitrogens is 1. The van der Waals surface area contributed by atoms with Gasteiger partial charge < -0.3 is 9.47 Å². The molecule has 130 valence electrons. The molecule has 0 atom stereocenters. The van der Waals surface area contributed by atoms with Crippen molar-refractivity contribution in [3.63, 3.8) is 0 Å². The molecule has 0 fully saturated rings. The van der Waals surface area contributed by atoms with Crippen LogP contribution >= 0.6 is 0 Å². The van der Waals surface area contributed by atoms with Crippen LogP contribution in [0.2, 0.25) is 0 Å². The van der Waals surface area contributed by atoms with Gasteiger partial charge in [-0.3, -0.25) is 10.1 Å². The van der Waals surface area contributed by atoms with Crippen LogP contribution in [0.3, 0.4) is 0 Å². The highest BCUT2D eigenvalue weighted by molar-refractivity contribution is 5.92. The fourth-order valence-electron chi connectivity index (χ4n) is 2.20. The average molecular weight is 350 g/mol. The Hall–Kier alpha value is -3.74. The first kappa shape index (κ1) is 17.1. The number of ether oxygens (including phenoxy) is 2. The number of nitro benzene ring substituents is 1. The lowest BCUT2D eigenvalue weighted by atomic mass is 10.1. The Labute approximate surface area is 149 Å². The van der Waals surface area contributed by atoms with E-state index < -0.39 is 10.9 Å². The SMILES string of the molecule is Cc1ccc(C(=O)Oc2ccc(Oc3ccccn3)cc2)cc1[N+](=O)[O-]. The zero-order valence-corrected chi connectivity index (χ0v) is 13.8. The van der Waals surface area contributed by atoms with Gasteiger partial charge in [0.2, 0.25) is 5.88 Å². The van der Waals surface area contributed by atoms with E-state index in [0.717, 1.165) is 0 Å². The minimum Gasteiger partial charge on any atom is -0.439 e. The van der Waals surface area contributed by atoms with Crippen molar-refractivity contribution in [2.24, 2.45) is 0 Å². The molecule has 0 N–H and O–H groups in total. The first-order valence-corrected chi connectivity index (χ1v) is 7.69. The van der Waals surface area contributed by atoms with Gasteiger partial charge in [-0.15, -0.1) is 0 Å². The molecule has 0 aliphatic carbocycles. The van der Waals surface area contributed by atoms with Gasteiger partial charge in [0.25, 0.3) is 5.69 Å². The third kappa shape index (κ3) is 4.02. The predicted octanol–water partition coefficient (Wildman–Crippen LogP) is 4.31. The normalized spacial score (nSPS) is 10.2. The number of rotatable bonds is 5. The van der Waals surface area contributed by atoms with Gasteiger partial charge in [-0.2, -0.15) is 0 Å². The Morgan fingerprint density at radius 2 is 1.77 bits per heavy atom. The fourth-order valence-corrected chi connectivity index (χ4v) is 2.20. The lowest BCUT2D eigenvalue weighted by molar-refractivity contribution is -0.385. The molecule has 0 saturated carbocycles. The summed E-state index contributed by atoms with van der Waals surface area (Å²) in [5.74, 6) is 0.608. The Bertz CT molecular complexity index is 940. The van der Waals surface area contributed by atoms with Crippen LogP contribution in [0.4, 0.5) is 5.69 Å². The van der Waals surface area contributed by atoms with E-state index in [1.54, 1.807) is 55.6 Å². The summed E-state index contributed by atoms with van der Waals surface area (Å²) >= 11 is 0. The molecule has 0 unspecified atom stereocenters. The molecule has 0 spiro atoms. The molecule has 7 heteroatoms. The van der Waals surface area contributed by atoms with Crippen molar-refractivity contribution >= 4 is 11.7 Å².